The monoisotopic (exact) mass is 189 g/mol. The molecular weight excluding hydrogens is 173 g/mol. The van der Waals surface area contributed by atoms with Crippen LogP contribution in [0.1, 0.15) is 32.1 Å². The molecule has 1 N–H and O–H groups in total. The Bertz CT molecular complexity index is 163. The van der Waals surface area contributed by atoms with Crippen molar-refractivity contribution in [2.45, 2.75) is 38.1 Å². The topological polar surface area (TPSA) is 40.5 Å². The summed E-state index contributed by atoms with van der Waals surface area (Å²) in [6.45, 7) is 0.891. The predicted octanol–water partition coefficient (Wildman–Crippen LogP) is 1.50. The molecule has 1 aliphatic rings. The summed E-state index contributed by atoms with van der Waals surface area (Å²) in [5.41, 5.74) is 0. The van der Waals surface area contributed by atoms with Gasteiger partial charge in [0, 0.05) is 6.54 Å². The number of nitrogens with zero attached hydrogens (tertiary/aromatic N) is 1. The zero-order valence-electron chi connectivity index (χ0n) is 7.20. The van der Waals surface area contributed by atoms with E-state index < -0.39 is 5.97 Å². The molecule has 0 spiro atoms. The van der Waals surface area contributed by atoms with Crippen molar-refractivity contribution < 1.29 is 9.90 Å². The summed E-state index contributed by atoms with van der Waals surface area (Å²) < 4.78 is 1.88. The molecule has 1 unspecified atom stereocenters. The first-order valence-corrected chi connectivity index (χ1v) is 4.97. The Labute approximate surface area is 75.4 Å². The van der Waals surface area contributed by atoms with Crippen LogP contribution in [0.4, 0.5) is 0 Å². The average molecular weight is 189 g/mol. The van der Waals surface area contributed by atoms with Gasteiger partial charge >= 0.3 is 5.97 Å². The number of hydrogen-bond donors (Lipinski definition) is 1. The van der Waals surface area contributed by atoms with Gasteiger partial charge in [0.1, 0.15) is 6.04 Å². The van der Waals surface area contributed by atoms with Crippen molar-refractivity contribution in [2.24, 2.45) is 0 Å². The minimum absolute atomic E-state index is 0.282. The van der Waals surface area contributed by atoms with Crippen LogP contribution in [0.3, 0.4) is 0 Å². The Balaban J connectivity index is 2.48. The maximum atomic E-state index is 10.8. The molecule has 1 rings (SSSR count). The van der Waals surface area contributed by atoms with Crippen LogP contribution < -0.4 is 0 Å². The fourth-order valence-electron chi connectivity index (χ4n) is 1.57. The molecule has 0 aliphatic carbocycles. The lowest BCUT2D eigenvalue weighted by Gasteiger charge is -2.26. The molecule has 1 saturated heterocycles. The highest BCUT2D eigenvalue weighted by Crippen LogP contribution is 2.19. The van der Waals surface area contributed by atoms with Gasteiger partial charge in [0.05, 0.1) is 0 Å². The molecule has 0 aromatic rings. The lowest BCUT2D eigenvalue weighted by molar-refractivity contribution is -0.141. The molecule has 12 heavy (non-hydrogen) atoms. The summed E-state index contributed by atoms with van der Waals surface area (Å²) in [6, 6.07) is -0.282. The summed E-state index contributed by atoms with van der Waals surface area (Å²) in [4.78, 5) is 10.8. The number of hydrogen-bond acceptors (Lipinski definition) is 2. The molecule has 1 fully saturated rings. The molecule has 0 saturated carbocycles. The van der Waals surface area contributed by atoms with Crippen molar-refractivity contribution in [2.75, 3.05) is 6.54 Å². The molecule has 70 valence electrons. The molecule has 0 aromatic carbocycles. The third-order valence-electron chi connectivity index (χ3n) is 2.33. The Morgan fingerprint density at radius 1 is 1.33 bits per heavy atom. The minimum Gasteiger partial charge on any atom is -0.480 e. The summed E-state index contributed by atoms with van der Waals surface area (Å²) in [7, 11) is 2.52. The van der Waals surface area contributed by atoms with Crippen LogP contribution in [0.25, 0.3) is 0 Å². The smallest absolute Gasteiger partial charge is 0.321 e. The van der Waals surface area contributed by atoms with Gasteiger partial charge in [0.25, 0.3) is 0 Å². The standard InChI is InChI=1S/C8H16NO2P/c10-8(11)7-5-3-1-2-4-6-9(7)12/h7H,1-6,12H2,(H,10,11)/t7-/m0/s1. The molecule has 0 bridgehead atoms. The van der Waals surface area contributed by atoms with Gasteiger partial charge in [-0.1, -0.05) is 28.7 Å². The predicted molar refractivity (Wildman–Crippen MR) is 50.9 cm³/mol. The highest BCUT2D eigenvalue weighted by Gasteiger charge is 2.22. The van der Waals surface area contributed by atoms with Crippen LogP contribution in [-0.2, 0) is 4.79 Å². The maximum absolute atomic E-state index is 10.8. The van der Waals surface area contributed by atoms with Crippen molar-refractivity contribution in [1.82, 2.24) is 4.67 Å². The first-order valence-electron chi connectivity index (χ1n) is 4.46. The molecule has 0 amide bonds. The number of carboxylic acids is 1. The molecule has 1 aliphatic heterocycles. The van der Waals surface area contributed by atoms with Crippen LogP contribution >= 0.6 is 9.39 Å². The molecule has 3 nitrogen and oxygen atoms in total. The van der Waals surface area contributed by atoms with Gasteiger partial charge < -0.3 is 5.11 Å². The molecule has 0 radical (unpaired) electrons. The van der Waals surface area contributed by atoms with Crippen LogP contribution in [-0.4, -0.2) is 28.3 Å². The van der Waals surface area contributed by atoms with Gasteiger partial charge in [0.2, 0.25) is 0 Å². The third kappa shape index (κ3) is 2.72. The van der Waals surface area contributed by atoms with E-state index in [4.69, 9.17) is 5.11 Å². The second-order valence-electron chi connectivity index (χ2n) is 3.29. The van der Waals surface area contributed by atoms with E-state index in [0.29, 0.717) is 0 Å². The lowest BCUT2D eigenvalue weighted by atomic mass is 10.0. The minimum atomic E-state index is -0.688. The third-order valence-corrected chi connectivity index (χ3v) is 2.95. The average Bonchev–Trinajstić information content (AvgIpc) is 1.96. The number of rotatable bonds is 1. The van der Waals surface area contributed by atoms with Crippen molar-refractivity contribution >= 4 is 15.4 Å². The second kappa shape index (κ2) is 4.78. The Morgan fingerprint density at radius 2 is 2.00 bits per heavy atom. The highest BCUT2D eigenvalue weighted by molar-refractivity contribution is 7.13. The van der Waals surface area contributed by atoms with E-state index in [9.17, 15) is 4.79 Å². The van der Waals surface area contributed by atoms with Gasteiger partial charge in [-0.3, -0.25) is 9.46 Å². The summed E-state index contributed by atoms with van der Waals surface area (Å²) >= 11 is 0. The van der Waals surface area contributed by atoms with Crippen molar-refractivity contribution in [3.8, 4) is 0 Å². The van der Waals surface area contributed by atoms with E-state index in [2.05, 4.69) is 9.39 Å². The SMILES string of the molecule is O=C(O)[C@@H]1CCCCCCN1P. The second-order valence-corrected chi connectivity index (χ2v) is 3.96. The van der Waals surface area contributed by atoms with E-state index in [1.807, 2.05) is 4.67 Å². The normalized spacial score (nSPS) is 27.6. The zero-order chi connectivity index (χ0) is 8.97. The van der Waals surface area contributed by atoms with Crippen LogP contribution in [0.15, 0.2) is 0 Å². The molecule has 4 heteroatoms. The summed E-state index contributed by atoms with van der Waals surface area (Å²) in [5.74, 6) is -0.688. The van der Waals surface area contributed by atoms with Gasteiger partial charge in [-0.05, 0) is 12.8 Å². The van der Waals surface area contributed by atoms with E-state index >= 15 is 0 Å². The molecule has 1 heterocycles. The van der Waals surface area contributed by atoms with Crippen molar-refractivity contribution in [3.63, 3.8) is 0 Å². The number of carbonyl (C=O) groups is 1. The molecule has 0 aromatic heterocycles. The Kier molecular flexibility index (Phi) is 3.96. The number of aliphatic carboxylic acids is 1. The largest absolute Gasteiger partial charge is 0.480 e. The van der Waals surface area contributed by atoms with Gasteiger partial charge in [0.15, 0.2) is 0 Å². The zero-order valence-corrected chi connectivity index (χ0v) is 8.35. The maximum Gasteiger partial charge on any atom is 0.321 e. The van der Waals surface area contributed by atoms with Gasteiger partial charge in [-0.15, -0.1) is 0 Å². The van der Waals surface area contributed by atoms with E-state index in [1.165, 1.54) is 12.8 Å². The fourth-order valence-corrected chi connectivity index (χ4v) is 2.03. The fraction of sp³-hybridized carbons (Fsp3) is 0.875. The highest BCUT2D eigenvalue weighted by atomic mass is 31.0. The Morgan fingerprint density at radius 3 is 2.67 bits per heavy atom. The summed E-state index contributed by atoms with van der Waals surface area (Å²) in [5, 5.41) is 8.87. The Hall–Kier alpha value is -0.140. The molecular formula is C8H16NO2P. The van der Waals surface area contributed by atoms with Crippen molar-refractivity contribution in [3.05, 3.63) is 0 Å². The van der Waals surface area contributed by atoms with Crippen LogP contribution in [0.5, 0.6) is 0 Å². The van der Waals surface area contributed by atoms with Gasteiger partial charge in [-0.25, -0.2) is 0 Å². The van der Waals surface area contributed by atoms with Crippen LogP contribution in [0.2, 0.25) is 0 Å². The molecule has 2 atom stereocenters. The van der Waals surface area contributed by atoms with Crippen LogP contribution in [0, 0.1) is 0 Å². The quantitative estimate of drug-likeness (QED) is 0.635. The lowest BCUT2D eigenvalue weighted by Crippen LogP contribution is -2.35. The van der Waals surface area contributed by atoms with E-state index in [-0.39, 0.29) is 6.04 Å². The first-order chi connectivity index (χ1) is 5.72. The summed E-state index contributed by atoms with van der Waals surface area (Å²) in [6.07, 6.45) is 5.37. The van der Waals surface area contributed by atoms with Crippen molar-refractivity contribution in [1.29, 1.82) is 0 Å². The number of carboxylic acid groups (broad SMARTS) is 1. The van der Waals surface area contributed by atoms with Gasteiger partial charge in [-0.2, -0.15) is 0 Å². The van der Waals surface area contributed by atoms with E-state index in [0.717, 1.165) is 25.8 Å². The first kappa shape index (κ1) is 9.94. The van der Waals surface area contributed by atoms with E-state index in [1.54, 1.807) is 0 Å².